The van der Waals surface area contributed by atoms with Crippen LogP contribution in [-0.2, 0) is 16.0 Å². The number of rotatable bonds is 10. The van der Waals surface area contributed by atoms with Gasteiger partial charge in [-0.3, -0.25) is 14.5 Å². The zero-order valence-corrected chi connectivity index (χ0v) is 16.3. The molecule has 136 valence electrons. The number of thiocarbonyl (C=S) groups is 1. The lowest BCUT2D eigenvalue weighted by atomic mass is 10.1. The maximum Gasteiger partial charge on any atom is 0.241 e. The molecule has 0 saturated carbocycles. The third-order valence-corrected chi connectivity index (χ3v) is 5.99. The number of carbonyl (C=O) groups is 2. The Labute approximate surface area is 159 Å². The molecule has 1 fully saturated rings. The second-order valence-corrected chi connectivity index (χ2v) is 8.00. The summed E-state index contributed by atoms with van der Waals surface area (Å²) in [6.07, 6.45) is 4.89. The molecule has 0 bridgehead atoms. The molecule has 6 heteroatoms. The lowest BCUT2D eigenvalue weighted by molar-refractivity contribution is -0.126. The molecule has 0 radical (unpaired) electrons. The van der Waals surface area contributed by atoms with Crippen LogP contribution >= 0.6 is 24.0 Å². The van der Waals surface area contributed by atoms with Gasteiger partial charge in [-0.05, 0) is 31.2 Å². The van der Waals surface area contributed by atoms with Gasteiger partial charge in [0.25, 0.3) is 0 Å². The van der Waals surface area contributed by atoms with Gasteiger partial charge in [-0.15, -0.1) is 0 Å². The number of nitrogens with zero attached hydrogens (tertiary/aromatic N) is 1. The van der Waals surface area contributed by atoms with Crippen LogP contribution in [0.1, 0.15) is 44.6 Å². The van der Waals surface area contributed by atoms with Crippen LogP contribution in [0, 0.1) is 0 Å². The molecular formula is C19H26N2O2S2. The van der Waals surface area contributed by atoms with Crippen molar-refractivity contribution < 1.29 is 9.59 Å². The predicted molar refractivity (Wildman–Crippen MR) is 108 cm³/mol. The minimum atomic E-state index is 0.00268. The summed E-state index contributed by atoms with van der Waals surface area (Å²) in [5, 5.41) is 2.97. The van der Waals surface area contributed by atoms with Crippen molar-refractivity contribution in [2.24, 2.45) is 0 Å². The van der Waals surface area contributed by atoms with E-state index in [1.54, 1.807) is 4.90 Å². The van der Waals surface area contributed by atoms with Crippen molar-refractivity contribution in [1.29, 1.82) is 0 Å². The Morgan fingerprint density at radius 2 is 2.00 bits per heavy atom. The van der Waals surface area contributed by atoms with E-state index in [1.165, 1.54) is 17.3 Å². The topological polar surface area (TPSA) is 49.4 Å². The van der Waals surface area contributed by atoms with E-state index < -0.39 is 0 Å². The van der Waals surface area contributed by atoms with Crippen LogP contribution in [0.25, 0.3) is 0 Å². The average Bonchev–Trinajstić information content (AvgIpc) is 2.89. The van der Waals surface area contributed by atoms with Gasteiger partial charge in [0.05, 0.1) is 5.25 Å². The van der Waals surface area contributed by atoms with E-state index in [0.29, 0.717) is 23.8 Å². The van der Waals surface area contributed by atoms with Crippen molar-refractivity contribution >= 4 is 40.1 Å². The molecule has 1 unspecified atom stereocenters. The first kappa shape index (κ1) is 19.9. The molecule has 1 aromatic carbocycles. The fraction of sp³-hybridized carbons (Fsp3) is 0.526. The molecule has 1 aliphatic heterocycles. The summed E-state index contributed by atoms with van der Waals surface area (Å²) < 4.78 is 0.704. The molecule has 1 saturated heterocycles. The summed E-state index contributed by atoms with van der Waals surface area (Å²) in [6, 6.07) is 10.1. The first-order valence-electron chi connectivity index (χ1n) is 8.94. The summed E-state index contributed by atoms with van der Waals surface area (Å²) in [7, 11) is 0. The van der Waals surface area contributed by atoms with E-state index >= 15 is 0 Å². The second kappa shape index (κ2) is 10.6. The lowest BCUT2D eigenvalue weighted by Crippen LogP contribution is -2.32. The van der Waals surface area contributed by atoms with Crippen molar-refractivity contribution in [3.63, 3.8) is 0 Å². The van der Waals surface area contributed by atoms with Crippen LogP contribution in [0.4, 0.5) is 0 Å². The van der Waals surface area contributed by atoms with E-state index in [-0.39, 0.29) is 17.1 Å². The third-order valence-electron chi connectivity index (χ3n) is 4.24. The lowest BCUT2D eigenvalue weighted by Gasteiger charge is -2.15. The highest BCUT2D eigenvalue weighted by molar-refractivity contribution is 8.24. The van der Waals surface area contributed by atoms with Gasteiger partial charge in [-0.1, -0.05) is 67.7 Å². The molecule has 0 aliphatic carbocycles. The number of hydrogen-bond acceptors (Lipinski definition) is 4. The summed E-state index contributed by atoms with van der Waals surface area (Å²) in [5.41, 5.74) is 1.23. The number of benzene rings is 1. The molecule has 4 nitrogen and oxygen atoms in total. The minimum Gasteiger partial charge on any atom is -0.356 e. The van der Waals surface area contributed by atoms with E-state index in [4.69, 9.17) is 12.2 Å². The number of nitrogens with one attached hydrogen (secondary N) is 1. The SMILES string of the molecule is CCC1SC(=S)N(CCCCCC(=O)NCCc2ccccc2)C1=O. The van der Waals surface area contributed by atoms with Crippen molar-refractivity contribution in [3.05, 3.63) is 35.9 Å². The molecule has 1 N–H and O–H groups in total. The molecule has 1 heterocycles. The molecule has 25 heavy (non-hydrogen) atoms. The van der Waals surface area contributed by atoms with Crippen LogP contribution in [0.3, 0.4) is 0 Å². The van der Waals surface area contributed by atoms with Gasteiger partial charge in [0.1, 0.15) is 4.32 Å². The fourth-order valence-corrected chi connectivity index (χ4v) is 4.25. The van der Waals surface area contributed by atoms with Gasteiger partial charge >= 0.3 is 0 Å². The first-order valence-corrected chi connectivity index (χ1v) is 10.2. The number of hydrogen-bond donors (Lipinski definition) is 1. The van der Waals surface area contributed by atoms with Gasteiger partial charge in [0, 0.05) is 19.5 Å². The molecule has 2 amide bonds. The van der Waals surface area contributed by atoms with Crippen molar-refractivity contribution in [1.82, 2.24) is 10.2 Å². The van der Waals surface area contributed by atoms with Gasteiger partial charge in [-0.2, -0.15) is 0 Å². The highest BCUT2D eigenvalue weighted by Gasteiger charge is 2.34. The predicted octanol–water partition coefficient (Wildman–Crippen LogP) is 3.54. The van der Waals surface area contributed by atoms with E-state index in [2.05, 4.69) is 17.4 Å². The standard InChI is InChI=1S/C19H26N2O2S2/c1-2-16-18(23)21(19(24)25-16)14-8-4-7-11-17(22)20-13-12-15-9-5-3-6-10-15/h3,5-6,9-10,16H,2,4,7-8,11-14H2,1H3,(H,20,22). The maximum absolute atomic E-state index is 12.1. The van der Waals surface area contributed by atoms with Crippen LogP contribution < -0.4 is 5.32 Å². The minimum absolute atomic E-state index is 0.00268. The van der Waals surface area contributed by atoms with Crippen LogP contribution in [0.5, 0.6) is 0 Å². The number of thioether (sulfide) groups is 1. The third kappa shape index (κ3) is 6.44. The molecular weight excluding hydrogens is 352 g/mol. The smallest absolute Gasteiger partial charge is 0.241 e. The number of amides is 2. The Bertz CT molecular complexity index is 592. The van der Waals surface area contributed by atoms with Crippen molar-refractivity contribution in [2.75, 3.05) is 13.1 Å². The monoisotopic (exact) mass is 378 g/mol. The molecule has 2 rings (SSSR count). The Morgan fingerprint density at radius 1 is 1.24 bits per heavy atom. The first-order chi connectivity index (χ1) is 12.1. The van der Waals surface area contributed by atoms with Gasteiger partial charge in [0.2, 0.25) is 11.8 Å². The van der Waals surface area contributed by atoms with Gasteiger partial charge < -0.3 is 5.32 Å². The zero-order valence-electron chi connectivity index (χ0n) is 14.7. The fourth-order valence-electron chi connectivity index (χ4n) is 2.77. The summed E-state index contributed by atoms with van der Waals surface area (Å²) in [4.78, 5) is 25.7. The Balaban J connectivity index is 1.53. The van der Waals surface area contributed by atoms with Crippen LogP contribution in [0.15, 0.2) is 30.3 Å². The van der Waals surface area contributed by atoms with Gasteiger partial charge in [-0.25, -0.2) is 0 Å². The Hall–Kier alpha value is -1.40. The van der Waals surface area contributed by atoms with Crippen molar-refractivity contribution in [2.45, 2.75) is 50.7 Å². The molecule has 1 atom stereocenters. The highest BCUT2D eigenvalue weighted by atomic mass is 32.2. The number of carbonyl (C=O) groups excluding carboxylic acids is 2. The van der Waals surface area contributed by atoms with Crippen molar-refractivity contribution in [3.8, 4) is 0 Å². The quantitative estimate of drug-likeness (QED) is 0.500. The van der Waals surface area contributed by atoms with Gasteiger partial charge in [0.15, 0.2) is 0 Å². The van der Waals surface area contributed by atoms with E-state index in [9.17, 15) is 9.59 Å². The van der Waals surface area contributed by atoms with E-state index in [0.717, 1.165) is 32.1 Å². The maximum atomic E-state index is 12.1. The van der Waals surface area contributed by atoms with Crippen LogP contribution in [-0.4, -0.2) is 39.4 Å². The highest BCUT2D eigenvalue weighted by Crippen LogP contribution is 2.29. The molecule has 1 aromatic rings. The largest absolute Gasteiger partial charge is 0.356 e. The summed E-state index contributed by atoms with van der Waals surface area (Å²) in [6.45, 7) is 3.36. The molecule has 0 aromatic heterocycles. The van der Waals surface area contributed by atoms with Crippen LogP contribution in [0.2, 0.25) is 0 Å². The zero-order chi connectivity index (χ0) is 18.1. The molecule has 1 aliphatic rings. The average molecular weight is 379 g/mol. The van der Waals surface area contributed by atoms with E-state index in [1.807, 2.05) is 25.1 Å². The Morgan fingerprint density at radius 3 is 2.68 bits per heavy atom. The molecule has 0 spiro atoms. The summed E-state index contributed by atoms with van der Waals surface area (Å²) >= 11 is 6.77. The second-order valence-electron chi connectivity index (χ2n) is 6.17. The normalized spacial score (nSPS) is 17.2. The summed E-state index contributed by atoms with van der Waals surface area (Å²) in [5.74, 6) is 0.251. The number of unbranched alkanes of at least 4 members (excludes halogenated alkanes) is 2. The Kier molecular flexibility index (Phi) is 8.41.